The third-order valence-corrected chi connectivity index (χ3v) is 6.66. The molecule has 0 fully saturated rings. The molecule has 6 rings (SSSR count). The van der Waals surface area contributed by atoms with Gasteiger partial charge in [-0.05, 0) is 37.6 Å². The van der Waals surface area contributed by atoms with Crippen LogP contribution in [0, 0.1) is 0 Å². The smallest absolute Gasteiger partial charge is 0.228 e. The molecule has 4 nitrogen and oxygen atoms in total. The molecule has 1 aromatic heterocycles. The van der Waals surface area contributed by atoms with Crippen LogP contribution in [0.3, 0.4) is 0 Å². The summed E-state index contributed by atoms with van der Waals surface area (Å²) in [6.45, 7) is 4.47. The number of hydrogen-bond donors (Lipinski definition) is 0. The molecular formula is C25H21N3O. The Kier molecular flexibility index (Phi) is 3.05. The van der Waals surface area contributed by atoms with Gasteiger partial charge in [-0.2, -0.15) is 0 Å². The summed E-state index contributed by atoms with van der Waals surface area (Å²) < 4.78 is 6.96. The van der Waals surface area contributed by atoms with Crippen LogP contribution in [0.4, 0.5) is 11.4 Å². The standard InChI is InChI=1S/C25H21N3O/c1-24(2)19-12-6-7-13-20(19)28(3)25(24)15-27-22-18-11-8-14-26-21(18)16-9-4-5-10-17(16)23(22)29-25/h4-15H,1-3H3. The zero-order valence-corrected chi connectivity index (χ0v) is 16.7. The van der Waals surface area contributed by atoms with Crippen molar-refractivity contribution in [1.82, 2.24) is 4.98 Å². The van der Waals surface area contributed by atoms with Crippen LogP contribution in [-0.4, -0.2) is 24.0 Å². The van der Waals surface area contributed by atoms with E-state index in [-0.39, 0.29) is 5.41 Å². The molecule has 3 heterocycles. The summed E-state index contributed by atoms with van der Waals surface area (Å²) in [7, 11) is 2.09. The van der Waals surface area contributed by atoms with Crippen LogP contribution in [0.25, 0.3) is 21.7 Å². The maximum absolute atomic E-state index is 6.96. The molecule has 1 unspecified atom stereocenters. The Hall–Kier alpha value is -3.40. The van der Waals surface area contributed by atoms with Gasteiger partial charge in [-0.1, -0.05) is 42.5 Å². The lowest BCUT2D eigenvalue weighted by Gasteiger charge is -2.45. The molecule has 2 aliphatic rings. The number of fused-ring (bicyclic) bond motifs is 7. The molecule has 4 aromatic rings. The minimum atomic E-state index is -0.692. The van der Waals surface area contributed by atoms with E-state index in [0.717, 1.165) is 33.1 Å². The lowest BCUT2D eigenvalue weighted by Crippen LogP contribution is -2.61. The lowest BCUT2D eigenvalue weighted by molar-refractivity contribution is 0.0844. The summed E-state index contributed by atoms with van der Waals surface area (Å²) in [6, 6.07) is 20.8. The Morgan fingerprint density at radius 1 is 0.862 bits per heavy atom. The third kappa shape index (κ3) is 1.89. The van der Waals surface area contributed by atoms with Gasteiger partial charge < -0.3 is 9.64 Å². The molecule has 2 aliphatic heterocycles. The summed E-state index contributed by atoms with van der Waals surface area (Å²) in [6.07, 6.45) is 3.82. The highest BCUT2D eigenvalue weighted by Gasteiger charge is 2.58. The minimum absolute atomic E-state index is 0.273. The highest BCUT2D eigenvalue weighted by Crippen LogP contribution is 2.55. The molecule has 0 bridgehead atoms. The predicted molar refractivity (Wildman–Crippen MR) is 119 cm³/mol. The number of para-hydroxylation sites is 1. The second-order valence-corrected chi connectivity index (χ2v) is 8.38. The predicted octanol–water partition coefficient (Wildman–Crippen LogP) is 5.61. The van der Waals surface area contributed by atoms with Gasteiger partial charge >= 0.3 is 0 Å². The summed E-state index contributed by atoms with van der Waals surface area (Å²) in [4.78, 5) is 11.9. The number of rotatable bonds is 0. The van der Waals surface area contributed by atoms with Gasteiger partial charge in [0.25, 0.3) is 0 Å². The first-order valence-corrected chi connectivity index (χ1v) is 9.92. The maximum Gasteiger partial charge on any atom is 0.228 e. The van der Waals surface area contributed by atoms with Crippen molar-refractivity contribution >= 4 is 39.3 Å². The number of hydrogen-bond acceptors (Lipinski definition) is 4. The zero-order valence-electron chi connectivity index (χ0n) is 16.7. The molecule has 1 atom stereocenters. The molecular weight excluding hydrogens is 358 g/mol. The minimum Gasteiger partial charge on any atom is -0.459 e. The van der Waals surface area contributed by atoms with Crippen LogP contribution >= 0.6 is 0 Å². The van der Waals surface area contributed by atoms with E-state index >= 15 is 0 Å². The fraction of sp³-hybridized carbons (Fsp3) is 0.200. The molecule has 29 heavy (non-hydrogen) atoms. The van der Waals surface area contributed by atoms with Gasteiger partial charge in [0.2, 0.25) is 5.72 Å². The fourth-order valence-corrected chi connectivity index (χ4v) is 5.04. The lowest BCUT2D eigenvalue weighted by atomic mass is 9.77. The van der Waals surface area contributed by atoms with E-state index in [4.69, 9.17) is 9.73 Å². The first-order chi connectivity index (χ1) is 14.0. The van der Waals surface area contributed by atoms with Gasteiger partial charge in [0.15, 0.2) is 5.75 Å². The van der Waals surface area contributed by atoms with E-state index in [1.165, 1.54) is 11.3 Å². The van der Waals surface area contributed by atoms with Gasteiger partial charge in [0.05, 0.1) is 17.1 Å². The largest absolute Gasteiger partial charge is 0.459 e. The quantitative estimate of drug-likeness (QED) is 0.373. The molecule has 0 saturated carbocycles. The van der Waals surface area contributed by atoms with Gasteiger partial charge in [-0.15, -0.1) is 0 Å². The number of likely N-dealkylation sites (N-methyl/N-ethyl adjacent to an activating group) is 1. The van der Waals surface area contributed by atoms with E-state index in [1.807, 2.05) is 30.6 Å². The second-order valence-electron chi connectivity index (χ2n) is 8.38. The molecule has 0 aliphatic carbocycles. The first-order valence-electron chi connectivity index (χ1n) is 9.92. The summed E-state index contributed by atoms with van der Waals surface area (Å²) in [5, 5.41) is 3.15. The van der Waals surface area contributed by atoms with E-state index in [2.05, 4.69) is 73.2 Å². The monoisotopic (exact) mass is 379 g/mol. The van der Waals surface area contributed by atoms with E-state index < -0.39 is 5.72 Å². The summed E-state index contributed by atoms with van der Waals surface area (Å²) >= 11 is 0. The molecule has 0 amide bonds. The number of benzene rings is 3. The zero-order chi connectivity index (χ0) is 19.8. The van der Waals surface area contributed by atoms with E-state index in [0.29, 0.717) is 0 Å². The highest BCUT2D eigenvalue weighted by atomic mass is 16.5. The Morgan fingerprint density at radius 3 is 2.41 bits per heavy atom. The first kappa shape index (κ1) is 16.5. The number of aromatic nitrogens is 1. The third-order valence-electron chi connectivity index (χ3n) is 6.66. The van der Waals surface area contributed by atoms with Crippen molar-refractivity contribution in [3.8, 4) is 5.75 Å². The van der Waals surface area contributed by atoms with Gasteiger partial charge in [0, 0.05) is 35.1 Å². The van der Waals surface area contributed by atoms with Crippen LogP contribution in [0.1, 0.15) is 19.4 Å². The average molecular weight is 379 g/mol. The van der Waals surface area contributed by atoms with Gasteiger partial charge in [-0.3, -0.25) is 9.98 Å². The van der Waals surface area contributed by atoms with Crippen molar-refractivity contribution < 1.29 is 4.74 Å². The number of pyridine rings is 1. The molecule has 0 saturated heterocycles. The molecule has 0 N–H and O–H groups in total. The summed E-state index contributed by atoms with van der Waals surface area (Å²) in [5.74, 6) is 0.830. The van der Waals surface area contributed by atoms with E-state index in [1.54, 1.807) is 0 Å². The average Bonchev–Trinajstić information content (AvgIpc) is 2.93. The van der Waals surface area contributed by atoms with Crippen molar-refractivity contribution in [2.45, 2.75) is 25.0 Å². The van der Waals surface area contributed by atoms with Crippen LogP contribution < -0.4 is 9.64 Å². The molecule has 142 valence electrons. The van der Waals surface area contributed by atoms with Crippen molar-refractivity contribution in [1.29, 1.82) is 0 Å². The number of nitrogens with zero attached hydrogens (tertiary/aromatic N) is 3. The van der Waals surface area contributed by atoms with Crippen LogP contribution in [0.15, 0.2) is 71.9 Å². The van der Waals surface area contributed by atoms with E-state index in [9.17, 15) is 0 Å². The van der Waals surface area contributed by atoms with Crippen molar-refractivity contribution in [3.05, 3.63) is 72.4 Å². The van der Waals surface area contributed by atoms with Gasteiger partial charge in [0.1, 0.15) is 5.69 Å². The topological polar surface area (TPSA) is 37.7 Å². The Labute approximate surface area is 169 Å². The number of aliphatic imine (C=N–C) groups is 1. The molecule has 1 spiro atoms. The Morgan fingerprint density at radius 2 is 1.59 bits per heavy atom. The van der Waals surface area contributed by atoms with Crippen molar-refractivity contribution in [3.63, 3.8) is 0 Å². The second kappa shape index (κ2) is 5.35. The van der Waals surface area contributed by atoms with Crippen LogP contribution in [0.5, 0.6) is 5.75 Å². The van der Waals surface area contributed by atoms with Crippen LogP contribution in [-0.2, 0) is 5.41 Å². The SMILES string of the molecule is CN1c2ccccc2C(C)(C)C12C=Nc1c(c3ccccc3c3ncccc13)O2. The van der Waals surface area contributed by atoms with Crippen molar-refractivity contribution in [2.75, 3.05) is 11.9 Å². The van der Waals surface area contributed by atoms with Crippen molar-refractivity contribution in [2.24, 2.45) is 4.99 Å². The van der Waals surface area contributed by atoms with Crippen LogP contribution in [0.2, 0.25) is 0 Å². The summed E-state index contributed by atoms with van der Waals surface area (Å²) in [5.41, 5.74) is 3.30. The molecule has 3 aromatic carbocycles. The number of anilines is 1. The molecule has 0 radical (unpaired) electrons. The highest BCUT2D eigenvalue weighted by molar-refractivity contribution is 6.15. The Balaban J connectivity index is 1.67. The Bertz CT molecular complexity index is 1340. The normalized spacial score (nSPS) is 21.4. The maximum atomic E-state index is 6.96. The number of ether oxygens (including phenoxy) is 1. The molecule has 4 heteroatoms. The van der Waals surface area contributed by atoms with Gasteiger partial charge in [-0.25, -0.2) is 0 Å². The fourth-order valence-electron chi connectivity index (χ4n) is 5.04.